The van der Waals surface area contributed by atoms with Gasteiger partial charge in [-0.2, -0.15) is 0 Å². The van der Waals surface area contributed by atoms with Crippen LogP contribution in [0.4, 0.5) is 17.1 Å². The van der Waals surface area contributed by atoms with Crippen LogP contribution in [0, 0.1) is 10.1 Å². The van der Waals surface area contributed by atoms with E-state index in [-0.39, 0.29) is 18.8 Å². The number of β-amino-alcohol motifs (C(OH)–C–C–N with tert-alkyl or cyclic N) is 1. The lowest BCUT2D eigenvalue weighted by Crippen LogP contribution is -2.62. The molecule has 3 rings (SSSR count). The molecule has 11 nitrogen and oxygen atoms in total. The minimum atomic E-state index is -1.28. The van der Waals surface area contributed by atoms with E-state index in [1.807, 2.05) is 6.07 Å². The van der Waals surface area contributed by atoms with Gasteiger partial charge in [0.25, 0.3) is 5.69 Å². The number of anilines is 2. The zero-order chi connectivity index (χ0) is 22.5. The Morgan fingerprint density at radius 1 is 1.23 bits per heavy atom. The van der Waals surface area contributed by atoms with Crippen LogP contribution in [0.25, 0.3) is 0 Å². The number of benzene rings is 1. The van der Waals surface area contributed by atoms with Crippen molar-refractivity contribution in [2.45, 2.75) is 37.2 Å². The highest BCUT2D eigenvalue weighted by Gasteiger charge is 2.40. The lowest BCUT2D eigenvalue weighted by atomic mass is 9.94. The zero-order valence-corrected chi connectivity index (χ0v) is 16.9. The van der Waals surface area contributed by atoms with Crippen molar-refractivity contribution in [2.75, 3.05) is 37.3 Å². The fourth-order valence-corrected chi connectivity index (χ4v) is 3.77. The zero-order valence-electron chi connectivity index (χ0n) is 16.9. The van der Waals surface area contributed by atoms with Gasteiger partial charge in [0.15, 0.2) is 0 Å². The first-order chi connectivity index (χ1) is 14.8. The number of nitrogens with one attached hydrogen (secondary N) is 1. The molecule has 1 saturated heterocycles. The Hall–Kier alpha value is -2.70. The molecule has 1 aliphatic rings. The highest BCUT2D eigenvalue weighted by Crippen LogP contribution is 2.26. The van der Waals surface area contributed by atoms with Crippen molar-refractivity contribution in [1.29, 1.82) is 0 Å². The van der Waals surface area contributed by atoms with Gasteiger partial charge in [-0.25, -0.2) is 0 Å². The van der Waals surface area contributed by atoms with Gasteiger partial charge in [0.1, 0.15) is 23.7 Å². The van der Waals surface area contributed by atoms with E-state index < -0.39 is 29.3 Å². The minimum absolute atomic E-state index is 0.0812. The maximum Gasteiger partial charge on any atom is 0.294 e. The number of nitrogens with zero attached hydrogens (tertiary/aromatic N) is 2. The number of hydrogen-bond acceptors (Lipinski definition) is 10. The second kappa shape index (κ2) is 10.1. The summed E-state index contributed by atoms with van der Waals surface area (Å²) in [5, 5.41) is 53.4. The van der Waals surface area contributed by atoms with Gasteiger partial charge < -0.3 is 35.9 Å². The van der Waals surface area contributed by atoms with Crippen LogP contribution >= 0.6 is 0 Å². The third-order valence-corrected chi connectivity index (χ3v) is 5.52. The highest BCUT2D eigenvalue weighted by atomic mass is 16.6. The second-order valence-corrected chi connectivity index (χ2v) is 7.68. The number of hydrogen-bond donors (Lipinski definition) is 6. The average molecular weight is 436 g/mol. The van der Waals surface area contributed by atoms with Gasteiger partial charge in [-0.3, -0.25) is 15.0 Å². The SMILES string of the molecule is Nc1ccc(NCCc2coc(CCN3C[C@H](O)[C@@H](O)[C@H](O)[C@H]3CO)c2)c([N+](=O)[O-])c1. The molecule has 1 aromatic heterocycles. The van der Waals surface area contributed by atoms with E-state index in [1.165, 1.54) is 6.07 Å². The Bertz CT molecular complexity index is 890. The minimum Gasteiger partial charge on any atom is -0.469 e. The number of nitro benzene ring substituents is 1. The van der Waals surface area contributed by atoms with E-state index in [4.69, 9.17) is 10.2 Å². The van der Waals surface area contributed by atoms with Crippen molar-refractivity contribution < 1.29 is 29.8 Å². The fourth-order valence-electron chi connectivity index (χ4n) is 3.77. The van der Waals surface area contributed by atoms with Gasteiger partial charge in [-0.15, -0.1) is 0 Å². The predicted molar refractivity (Wildman–Crippen MR) is 113 cm³/mol. The Morgan fingerprint density at radius 2 is 2.00 bits per heavy atom. The molecular formula is C20H28N4O7. The molecule has 2 heterocycles. The summed E-state index contributed by atoms with van der Waals surface area (Å²) in [5.41, 5.74) is 7.15. The summed E-state index contributed by atoms with van der Waals surface area (Å²) in [4.78, 5) is 12.4. The normalized spacial score (nSPS) is 24.3. The predicted octanol–water partition coefficient (Wildman–Crippen LogP) is -0.274. The van der Waals surface area contributed by atoms with Gasteiger partial charge in [0.2, 0.25) is 0 Å². The number of aliphatic hydroxyl groups excluding tert-OH is 4. The van der Waals surface area contributed by atoms with E-state index >= 15 is 0 Å². The summed E-state index contributed by atoms with van der Waals surface area (Å²) in [6, 6.07) is 5.69. The number of furan rings is 1. The third kappa shape index (κ3) is 5.51. The molecule has 1 aliphatic heterocycles. The molecule has 0 radical (unpaired) electrons. The van der Waals surface area contributed by atoms with Crippen LogP contribution in [0.2, 0.25) is 0 Å². The topological polar surface area (TPSA) is 178 Å². The number of nitrogen functional groups attached to an aromatic ring is 1. The highest BCUT2D eigenvalue weighted by molar-refractivity contribution is 5.66. The molecule has 2 aromatic rings. The Kier molecular flexibility index (Phi) is 7.46. The maximum atomic E-state index is 11.1. The quantitative estimate of drug-likeness (QED) is 0.174. The van der Waals surface area contributed by atoms with Gasteiger partial charge in [0.05, 0.1) is 29.9 Å². The maximum absolute atomic E-state index is 11.1. The molecule has 0 unspecified atom stereocenters. The summed E-state index contributed by atoms with van der Waals surface area (Å²) < 4.78 is 5.56. The second-order valence-electron chi connectivity index (χ2n) is 7.68. The van der Waals surface area contributed by atoms with Crippen molar-refractivity contribution >= 4 is 17.1 Å². The van der Waals surface area contributed by atoms with Crippen LogP contribution in [0.1, 0.15) is 11.3 Å². The smallest absolute Gasteiger partial charge is 0.294 e. The molecule has 7 N–H and O–H groups in total. The molecule has 4 atom stereocenters. The lowest BCUT2D eigenvalue weighted by molar-refractivity contribution is -0.383. The molecule has 1 aromatic carbocycles. The molecule has 0 amide bonds. The summed E-state index contributed by atoms with van der Waals surface area (Å²) in [6.45, 7) is 0.687. The van der Waals surface area contributed by atoms with Crippen LogP contribution in [0.5, 0.6) is 0 Å². The average Bonchev–Trinajstić information content (AvgIpc) is 3.19. The van der Waals surface area contributed by atoms with Crippen molar-refractivity contribution in [2.24, 2.45) is 0 Å². The van der Waals surface area contributed by atoms with Crippen LogP contribution in [-0.2, 0) is 12.8 Å². The van der Waals surface area contributed by atoms with Crippen molar-refractivity contribution in [3.63, 3.8) is 0 Å². The Labute approximate surface area is 178 Å². The molecule has 0 bridgehead atoms. The summed E-state index contributed by atoms with van der Waals surface area (Å²) in [5.74, 6) is 0.695. The Balaban J connectivity index is 1.51. The number of nitro groups is 1. The molecular weight excluding hydrogens is 408 g/mol. The van der Waals surface area contributed by atoms with Gasteiger partial charge in [-0.05, 0) is 30.2 Å². The Morgan fingerprint density at radius 3 is 2.71 bits per heavy atom. The molecule has 0 spiro atoms. The number of aliphatic hydroxyl groups is 4. The molecule has 0 aliphatic carbocycles. The van der Waals surface area contributed by atoms with Crippen LogP contribution < -0.4 is 11.1 Å². The first-order valence-electron chi connectivity index (χ1n) is 10.0. The summed E-state index contributed by atoms with van der Waals surface area (Å²) >= 11 is 0. The van der Waals surface area contributed by atoms with Crippen molar-refractivity contribution in [3.05, 3.63) is 52.0 Å². The summed E-state index contributed by atoms with van der Waals surface area (Å²) in [6.07, 6.45) is -0.923. The standard InChI is InChI=1S/C20H28N4O7/c21-13-1-2-15(16(8-13)24(29)30)22-5-3-12-7-14(31-11-12)4-6-23-9-18(26)20(28)19(27)17(23)10-25/h1-2,7-8,11,17-20,22,25-28H,3-6,9-10,21H2/t17-,18+,19-,20-/m1/s1. The first-order valence-corrected chi connectivity index (χ1v) is 10.0. The molecule has 11 heteroatoms. The molecule has 170 valence electrons. The fraction of sp³-hybridized carbons (Fsp3) is 0.500. The number of likely N-dealkylation sites (tertiary alicyclic amines) is 1. The number of nitrogens with two attached hydrogens (primary N) is 1. The van der Waals surface area contributed by atoms with E-state index in [0.29, 0.717) is 43.1 Å². The van der Waals surface area contributed by atoms with E-state index in [0.717, 1.165) is 5.56 Å². The molecule has 1 fully saturated rings. The monoisotopic (exact) mass is 436 g/mol. The largest absolute Gasteiger partial charge is 0.469 e. The van der Waals surface area contributed by atoms with E-state index in [1.54, 1.807) is 23.3 Å². The van der Waals surface area contributed by atoms with E-state index in [2.05, 4.69) is 5.32 Å². The molecule has 31 heavy (non-hydrogen) atoms. The van der Waals surface area contributed by atoms with Crippen LogP contribution in [-0.4, -0.2) is 80.8 Å². The molecule has 0 saturated carbocycles. The van der Waals surface area contributed by atoms with Gasteiger partial charge >= 0.3 is 0 Å². The van der Waals surface area contributed by atoms with Crippen LogP contribution in [0.3, 0.4) is 0 Å². The number of rotatable bonds is 9. The van der Waals surface area contributed by atoms with E-state index in [9.17, 15) is 30.5 Å². The van der Waals surface area contributed by atoms with Gasteiger partial charge in [-0.1, -0.05) is 0 Å². The first kappa shape index (κ1) is 23.0. The van der Waals surface area contributed by atoms with Gasteiger partial charge in [0, 0.05) is 37.8 Å². The third-order valence-electron chi connectivity index (χ3n) is 5.52. The lowest BCUT2D eigenvalue weighted by Gasteiger charge is -2.43. The van der Waals surface area contributed by atoms with Crippen molar-refractivity contribution in [1.82, 2.24) is 4.90 Å². The van der Waals surface area contributed by atoms with Crippen molar-refractivity contribution in [3.8, 4) is 0 Å². The van der Waals surface area contributed by atoms with Crippen LogP contribution in [0.15, 0.2) is 34.9 Å². The summed E-state index contributed by atoms with van der Waals surface area (Å²) in [7, 11) is 0. The number of piperidine rings is 1.